The van der Waals surface area contributed by atoms with E-state index < -0.39 is 0 Å². The quantitative estimate of drug-likeness (QED) is 0.837. The van der Waals surface area contributed by atoms with Crippen LogP contribution in [0.3, 0.4) is 0 Å². The first-order valence-electron chi connectivity index (χ1n) is 5.55. The smallest absolute Gasteiger partial charge is 0.166 e. The van der Waals surface area contributed by atoms with E-state index in [0.29, 0.717) is 6.04 Å². The summed E-state index contributed by atoms with van der Waals surface area (Å²) in [6, 6.07) is 0.477. The molecule has 5 heteroatoms. The normalized spacial score (nSPS) is 19.7. The fourth-order valence-corrected chi connectivity index (χ4v) is 3.39. The summed E-state index contributed by atoms with van der Waals surface area (Å²) >= 11 is 1.76. The van der Waals surface area contributed by atoms with Gasteiger partial charge < -0.3 is 10.3 Å². The van der Waals surface area contributed by atoms with Gasteiger partial charge in [0, 0.05) is 23.3 Å². The molecule has 0 amide bonds. The van der Waals surface area contributed by atoms with Crippen LogP contribution in [-0.2, 0) is 6.42 Å². The van der Waals surface area contributed by atoms with E-state index in [4.69, 9.17) is 0 Å². The van der Waals surface area contributed by atoms with E-state index in [2.05, 4.69) is 20.3 Å². The molecule has 4 nitrogen and oxygen atoms in total. The highest BCUT2D eigenvalue weighted by molar-refractivity contribution is 7.15. The molecule has 16 heavy (non-hydrogen) atoms. The van der Waals surface area contributed by atoms with Gasteiger partial charge in [0.1, 0.15) is 0 Å². The number of hydrogen-bond acceptors (Lipinski definition) is 4. The summed E-state index contributed by atoms with van der Waals surface area (Å²) in [5.41, 5.74) is 1.25. The van der Waals surface area contributed by atoms with Crippen molar-refractivity contribution in [1.82, 2.24) is 20.3 Å². The molecule has 1 aliphatic rings. The zero-order valence-corrected chi connectivity index (χ0v) is 9.97. The summed E-state index contributed by atoms with van der Waals surface area (Å²) in [5.74, 6) is 0.884. The molecule has 1 atom stereocenters. The second-order valence-electron chi connectivity index (χ2n) is 4.00. The fourth-order valence-electron chi connectivity index (χ4n) is 2.18. The van der Waals surface area contributed by atoms with E-state index in [1.54, 1.807) is 17.5 Å². The average Bonchev–Trinajstić information content (AvgIpc) is 2.96. The van der Waals surface area contributed by atoms with Gasteiger partial charge in [-0.2, -0.15) is 0 Å². The van der Waals surface area contributed by atoms with Crippen LogP contribution < -0.4 is 5.32 Å². The van der Waals surface area contributed by atoms with E-state index in [9.17, 15) is 0 Å². The van der Waals surface area contributed by atoms with E-state index in [1.165, 1.54) is 23.4 Å². The van der Waals surface area contributed by atoms with E-state index >= 15 is 0 Å². The number of aryl methyl sites for hydroxylation is 1. The molecule has 2 heterocycles. The van der Waals surface area contributed by atoms with Crippen molar-refractivity contribution in [3.63, 3.8) is 0 Å². The first kappa shape index (κ1) is 9.99. The number of nitrogens with one attached hydrogen (secondary N) is 2. The Morgan fingerprint density at radius 2 is 2.50 bits per heavy atom. The van der Waals surface area contributed by atoms with Crippen LogP contribution >= 0.6 is 11.3 Å². The van der Waals surface area contributed by atoms with Crippen molar-refractivity contribution < 1.29 is 0 Å². The number of aromatic nitrogens is 3. The summed E-state index contributed by atoms with van der Waals surface area (Å²) in [5, 5.41) is 4.37. The minimum Gasteiger partial charge on any atom is -0.343 e. The van der Waals surface area contributed by atoms with Gasteiger partial charge in [0.2, 0.25) is 0 Å². The maximum absolute atomic E-state index is 4.68. The molecule has 3 rings (SSSR count). The molecule has 0 fully saturated rings. The Bertz CT molecular complexity index is 474. The summed E-state index contributed by atoms with van der Waals surface area (Å²) in [6.45, 7) is 0. The van der Waals surface area contributed by atoms with Crippen LogP contribution in [0, 0.1) is 0 Å². The Hall–Kier alpha value is -1.20. The molecule has 0 bridgehead atoms. The summed E-state index contributed by atoms with van der Waals surface area (Å²) in [6.07, 6.45) is 7.14. The van der Waals surface area contributed by atoms with Gasteiger partial charge in [-0.15, -0.1) is 11.3 Å². The molecule has 0 saturated heterocycles. The van der Waals surface area contributed by atoms with Gasteiger partial charge in [0.25, 0.3) is 0 Å². The van der Waals surface area contributed by atoms with Crippen LogP contribution in [0.4, 0.5) is 0 Å². The van der Waals surface area contributed by atoms with Gasteiger partial charge in [-0.05, 0) is 26.3 Å². The van der Waals surface area contributed by atoms with Crippen LogP contribution in [-0.4, -0.2) is 22.0 Å². The van der Waals surface area contributed by atoms with Gasteiger partial charge in [0.05, 0.1) is 5.69 Å². The molecule has 0 radical (unpaired) electrons. The monoisotopic (exact) mass is 234 g/mol. The minimum absolute atomic E-state index is 0.477. The minimum atomic E-state index is 0.477. The van der Waals surface area contributed by atoms with Gasteiger partial charge in [0.15, 0.2) is 10.8 Å². The van der Waals surface area contributed by atoms with Crippen LogP contribution in [0.15, 0.2) is 12.4 Å². The van der Waals surface area contributed by atoms with Crippen LogP contribution in [0.2, 0.25) is 0 Å². The Morgan fingerprint density at radius 3 is 3.25 bits per heavy atom. The maximum Gasteiger partial charge on any atom is 0.166 e. The SMILES string of the molecule is CNC1CCCc2nc(-c3ncc[nH]3)sc21. The lowest BCUT2D eigenvalue weighted by atomic mass is 9.98. The Labute approximate surface area is 98.1 Å². The molecule has 2 N–H and O–H groups in total. The lowest BCUT2D eigenvalue weighted by Crippen LogP contribution is -2.19. The van der Waals surface area contributed by atoms with E-state index in [1.807, 2.05) is 13.2 Å². The predicted molar refractivity (Wildman–Crippen MR) is 64.4 cm³/mol. The molecule has 0 aliphatic heterocycles. The molecule has 2 aromatic rings. The highest BCUT2D eigenvalue weighted by atomic mass is 32.1. The maximum atomic E-state index is 4.68. The summed E-state index contributed by atoms with van der Waals surface area (Å²) < 4.78 is 0. The lowest BCUT2D eigenvalue weighted by Gasteiger charge is -2.19. The molecule has 1 unspecified atom stereocenters. The summed E-state index contributed by atoms with van der Waals surface area (Å²) in [4.78, 5) is 13.4. The largest absolute Gasteiger partial charge is 0.343 e. The molecular weight excluding hydrogens is 220 g/mol. The lowest BCUT2D eigenvalue weighted by molar-refractivity contribution is 0.501. The van der Waals surface area contributed by atoms with Crippen molar-refractivity contribution in [2.24, 2.45) is 0 Å². The molecule has 0 aromatic carbocycles. The third-order valence-corrected chi connectivity index (χ3v) is 4.22. The van der Waals surface area contributed by atoms with Gasteiger partial charge in [-0.3, -0.25) is 0 Å². The average molecular weight is 234 g/mol. The van der Waals surface area contributed by atoms with Crippen LogP contribution in [0.1, 0.15) is 29.5 Å². The number of nitrogens with zero attached hydrogens (tertiary/aromatic N) is 2. The molecule has 0 saturated carbocycles. The summed E-state index contributed by atoms with van der Waals surface area (Å²) in [7, 11) is 2.02. The Kier molecular flexibility index (Phi) is 2.49. The second kappa shape index (κ2) is 3.99. The number of fused-ring (bicyclic) bond motifs is 1. The highest BCUT2D eigenvalue weighted by Crippen LogP contribution is 2.36. The van der Waals surface area contributed by atoms with Crippen molar-refractivity contribution in [1.29, 1.82) is 0 Å². The van der Waals surface area contributed by atoms with Crippen molar-refractivity contribution in [3.05, 3.63) is 23.0 Å². The number of hydrogen-bond donors (Lipinski definition) is 2. The topological polar surface area (TPSA) is 53.6 Å². The molecular formula is C11H14N4S. The van der Waals surface area contributed by atoms with Gasteiger partial charge in [-0.25, -0.2) is 9.97 Å². The molecule has 84 valence electrons. The van der Waals surface area contributed by atoms with E-state index in [0.717, 1.165) is 17.3 Å². The second-order valence-corrected chi connectivity index (χ2v) is 5.03. The fraction of sp³-hybridized carbons (Fsp3) is 0.455. The standard InChI is InChI=1S/C11H14N4S/c1-12-7-3-2-4-8-9(7)16-11(15-8)10-13-5-6-14-10/h5-7,12H,2-4H2,1H3,(H,13,14). The van der Waals surface area contributed by atoms with Crippen molar-refractivity contribution >= 4 is 11.3 Å². The number of H-pyrrole nitrogens is 1. The Balaban J connectivity index is 2.02. The van der Waals surface area contributed by atoms with Crippen molar-refractivity contribution in [2.45, 2.75) is 25.3 Å². The van der Waals surface area contributed by atoms with Gasteiger partial charge >= 0.3 is 0 Å². The van der Waals surface area contributed by atoms with E-state index in [-0.39, 0.29) is 0 Å². The van der Waals surface area contributed by atoms with Crippen molar-refractivity contribution in [3.8, 4) is 10.8 Å². The third kappa shape index (κ3) is 1.56. The predicted octanol–water partition coefficient (Wildman–Crippen LogP) is 2.13. The first-order chi connectivity index (χ1) is 7.88. The molecule has 2 aromatic heterocycles. The van der Waals surface area contributed by atoms with Crippen LogP contribution in [0.5, 0.6) is 0 Å². The van der Waals surface area contributed by atoms with Crippen molar-refractivity contribution in [2.75, 3.05) is 7.05 Å². The zero-order valence-electron chi connectivity index (χ0n) is 9.16. The molecule has 0 spiro atoms. The molecule has 1 aliphatic carbocycles. The third-order valence-electron chi connectivity index (χ3n) is 3.00. The Morgan fingerprint density at radius 1 is 1.56 bits per heavy atom. The number of imidazole rings is 1. The number of thiazole rings is 1. The first-order valence-corrected chi connectivity index (χ1v) is 6.36. The number of aromatic amines is 1. The highest BCUT2D eigenvalue weighted by Gasteiger charge is 2.24. The van der Waals surface area contributed by atoms with Gasteiger partial charge in [-0.1, -0.05) is 0 Å². The van der Waals surface area contributed by atoms with Crippen LogP contribution in [0.25, 0.3) is 10.8 Å². The number of rotatable bonds is 2. The zero-order chi connectivity index (χ0) is 11.0.